The first-order valence-corrected chi connectivity index (χ1v) is 16.5. The number of ether oxygens (including phenoxy) is 1. The molecular formula is C26H30N4O6S3. The second-order valence-corrected chi connectivity index (χ2v) is 14.1. The van der Waals surface area contributed by atoms with Crippen molar-refractivity contribution < 1.29 is 26.4 Å². The summed E-state index contributed by atoms with van der Waals surface area (Å²) in [4.78, 5) is 15.5. The molecule has 3 heterocycles. The van der Waals surface area contributed by atoms with Gasteiger partial charge >= 0.3 is 0 Å². The molecule has 39 heavy (non-hydrogen) atoms. The smallest absolute Gasteiger partial charge is 0.271 e. The number of amides is 1. The molecule has 13 heteroatoms. The van der Waals surface area contributed by atoms with Crippen LogP contribution in [0.25, 0.3) is 0 Å². The van der Waals surface area contributed by atoms with Gasteiger partial charge in [0.05, 0.1) is 29.5 Å². The molecule has 5 rings (SSSR count). The lowest BCUT2D eigenvalue weighted by atomic mass is 10.1. The Bertz CT molecular complexity index is 1510. The number of anilines is 3. The van der Waals surface area contributed by atoms with E-state index in [1.807, 2.05) is 0 Å². The minimum Gasteiger partial charge on any atom is -0.379 e. The molecule has 2 N–H and O–H groups in total. The van der Waals surface area contributed by atoms with E-state index in [1.165, 1.54) is 40.7 Å². The fraction of sp³-hybridized carbons (Fsp3) is 0.346. The van der Waals surface area contributed by atoms with E-state index in [1.54, 1.807) is 23.6 Å². The highest BCUT2D eigenvalue weighted by atomic mass is 32.2. The van der Waals surface area contributed by atoms with Gasteiger partial charge in [0.2, 0.25) is 10.0 Å². The van der Waals surface area contributed by atoms with Gasteiger partial charge in [0.1, 0.15) is 4.21 Å². The first-order chi connectivity index (χ1) is 18.7. The van der Waals surface area contributed by atoms with Crippen LogP contribution in [0.15, 0.2) is 69.1 Å². The molecule has 0 atom stereocenters. The maximum absolute atomic E-state index is 13.3. The molecule has 0 saturated carbocycles. The molecule has 2 aromatic carbocycles. The summed E-state index contributed by atoms with van der Waals surface area (Å²) in [7, 11) is -7.46. The zero-order valence-electron chi connectivity index (χ0n) is 21.2. The molecule has 2 fully saturated rings. The standard InChI is InChI=1S/C26H30N4O6S3/c31-26(20-6-8-21(9-7-20)28-38(32,33)25-5-4-18-37-25)27-23-19-22(39(34,35)30-14-16-36-17-15-30)10-11-24(23)29-12-2-1-3-13-29/h4-11,18-19,28H,1-3,12-17H2,(H,27,31). The highest BCUT2D eigenvalue weighted by molar-refractivity contribution is 7.94. The summed E-state index contributed by atoms with van der Waals surface area (Å²) in [6.07, 6.45) is 3.17. The molecule has 10 nitrogen and oxygen atoms in total. The largest absolute Gasteiger partial charge is 0.379 e. The third-order valence-corrected chi connectivity index (χ3v) is 11.4. The van der Waals surface area contributed by atoms with Gasteiger partial charge in [-0.3, -0.25) is 9.52 Å². The lowest BCUT2D eigenvalue weighted by molar-refractivity contribution is 0.0730. The van der Waals surface area contributed by atoms with Gasteiger partial charge in [-0.15, -0.1) is 11.3 Å². The van der Waals surface area contributed by atoms with Crippen LogP contribution < -0.4 is 14.9 Å². The summed E-state index contributed by atoms with van der Waals surface area (Å²) in [5.41, 5.74) is 1.82. The topological polar surface area (TPSA) is 125 Å². The Kier molecular flexibility index (Phi) is 8.24. The minimum atomic E-state index is -3.75. The zero-order chi connectivity index (χ0) is 27.5. The quantitative estimate of drug-likeness (QED) is 0.409. The molecular weight excluding hydrogens is 561 g/mol. The number of hydrogen-bond acceptors (Lipinski definition) is 8. The maximum atomic E-state index is 13.3. The van der Waals surface area contributed by atoms with Gasteiger partial charge in [-0.1, -0.05) is 6.07 Å². The van der Waals surface area contributed by atoms with Crippen LogP contribution in [0.3, 0.4) is 0 Å². The average molecular weight is 591 g/mol. The Morgan fingerprint density at radius 3 is 2.26 bits per heavy atom. The molecule has 1 aromatic heterocycles. The third kappa shape index (κ3) is 6.28. The van der Waals surface area contributed by atoms with Gasteiger partial charge in [0.25, 0.3) is 15.9 Å². The molecule has 2 aliphatic rings. The molecule has 0 bridgehead atoms. The van der Waals surface area contributed by atoms with Crippen LogP contribution >= 0.6 is 11.3 Å². The van der Waals surface area contributed by atoms with Crippen molar-refractivity contribution in [3.8, 4) is 0 Å². The van der Waals surface area contributed by atoms with Crippen molar-refractivity contribution in [1.82, 2.24) is 4.31 Å². The van der Waals surface area contributed by atoms with Crippen LogP contribution in [0.4, 0.5) is 17.1 Å². The summed E-state index contributed by atoms with van der Waals surface area (Å²) in [6, 6.07) is 14.1. The van der Waals surface area contributed by atoms with E-state index >= 15 is 0 Å². The van der Waals surface area contributed by atoms with E-state index in [-0.39, 0.29) is 22.2 Å². The Hall–Kier alpha value is -2.97. The number of benzene rings is 2. The second kappa shape index (κ2) is 11.6. The fourth-order valence-electron chi connectivity index (χ4n) is 4.63. The van der Waals surface area contributed by atoms with Crippen LogP contribution in [0, 0.1) is 0 Å². The molecule has 2 aliphatic heterocycles. The summed E-state index contributed by atoms with van der Waals surface area (Å²) in [5, 5.41) is 4.59. The van der Waals surface area contributed by atoms with Gasteiger partial charge in [0, 0.05) is 37.4 Å². The lowest BCUT2D eigenvalue weighted by Crippen LogP contribution is -2.40. The van der Waals surface area contributed by atoms with Crippen molar-refractivity contribution in [3.63, 3.8) is 0 Å². The number of carbonyl (C=O) groups is 1. The van der Waals surface area contributed by atoms with Crippen molar-refractivity contribution in [2.24, 2.45) is 0 Å². The van der Waals surface area contributed by atoms with E-state index in [2.05, 4.69) is 14.9 Å². The van der Waals surface area contributed by atoms with Gasteiger partial charge in [-0.05, 0) is 73.2 Å². The molecule has 0 spiro atoms. The lowest BCUT2D eigenvalue weighted by Gasteiger charge is -2.31. The Morgan fingerprint density at radius 2 is 1.59 bits per heavy atom. The van der Waals surface area contributed by atoms with Gasteiger partial charge in [0.15, 0.2) is 0 Å². The van der Waals surface area contributed by atoms with Gasteiger partial charge in [-0.25, -0.2) is 16.8 Å². The average Bonchev–Trinajstić information content (AvgIpc) is 3.51. The van der Waals surface area contributed by atoms with Crippen molar-refractivity contribution in [1.29, 1.82) is 0 Å². The molecule has 2 saturated heterocycles. The zero-order valence-corrected chi connectivity index (χ0v) is 23.7. The van der Waals surface area contributed by atoms with Crippen molar-refractivity contribution in [2.45, 2.75) is 28.4 Å². The predicted molar refractivity (Wildman–Crippen MR) is 152 cm³/mol. The van der Waals surface area contributed by atoms with Crippen LogP contribution in [0.5, 0.6) is 0 Å². The number of rotatable bonds is 8. The van der Waals surface area contributed by atoms with E-state index < -0.39 is 26.0 Å². The monoisotopic (exact) mass is 590 g/mol. The van der Waals surface area contributed by atoms with E-state index in [4.69, 9.17) is 4.74 Å². The Balaban J connectivity index is 1.39. The number of sulfonamides is 2. The highest BCUT2D eigenvalue weighted by Gasteiger charge is 2.28. The SMILES string of the molecule is O=C(Nc1cc(S(=O)(=O)N2CCOCC2)ccc1N1CCCCC1)c1ccc(NS(=O)(=O)c2cccs2)cc1. The fourth-order valence-corrected chi connectivity index (χ4v) is 8.11. The minimum absolute atomic E-state index is 0.110. The van der Waals surface area contributed by atoms with E-state index in [9.17, 15) is 21.6 Å². The number of nitrogens with zero attached hydrogens (tertiary/aromatic N) is 2. The normalized spacial score (nSPS) is 17.1. The summed E-state index contributed by atoms with van der Waals surface area (Å²) >= 11 is 1.11. The van der Waals surface area contributed by atoms with E-state index in [0.29, 0.717) is 30.2 Å². The third-order valence-electron chi connectivity index (χ3n) is 6.68. The maximum Gasteiger partial charge on any atom is 0.271 e. The summed E-state index contributed by atoms with van der Waals surface area (Å²) in [6.45, 7) is 2.87. The number of carbonyl (C=O) groups excluding carboxylic acids is 1. The van der Waals surface area contributed by atoms with Gasteiger partial charge < -0.3 is 15.0 Å². The van der Waals surface area contributed by atoms with Crippen LogP contribution in [-0.4, -0.2) is 66.4 Å². The molecule has 208 valence electrons. The van der Waals surface area contributed by atoms with Crippen molar-refractivity contribution in [2.75, 3.05) is 54.3 Å². The van der Waals surface area contributed by atoms with Crippen molar-refractivity contribution in [3.05, 3.63) is 65.5 Å². The molecule has 0 aliphatic carbocycles. The summed E-state index contributed by atoms with van der Waals surface area (Å²) < 4.78 is 61.0. The number of thiophene rings is 1. The van der Waals surface area contributed by atoms with Crippen molar-refractivity contribution >= 4 is 54.4 Å². The molecule has 0 radical (unpaired) electrons. The van der Waals surface area contributed by atoms with Crippen LogP contribution in [-0.2, 0) is 24.8 Å². The number of nitrogens with one attached hydrogen (secondary N) is 2. The first kappa shape index (κ1) is 27.6. The highest BCUT2D eigenvalue weighted by Crippen LogP contribution is 2.33. The number of hydrogen-bond donors (Lipinski definition) is 2. The Morgan fingerprint density at radius 1 is 0.872 bits per heavy atom. The van der Waals surface area contributed by atoms with Gasteiger partial charge in [-0.2, -0.15) is 4.31 Å². The number of piperidine rings is 1. The first-order valence-electron chi connectivity index (χ1n) is 12.7. The Labute approximate surface area is 232 Å². The molecule has 1 amide bonds. The predicted octanol–water partition coefficient (Wildman–Crippen LogP) is 3.81. The van der Waals surface area contributed by atoms with Crippen LogP contribution in [0.1, 0.15) is 29.6 Å². The molecule has 0 unspecified atom stereocenters. The molecule has 3 aromatic rings. The van der Waals surface area contributed by atoms with E-state index in [0.717, 1.165) is 49.4 Å². The summed E-state index contributed by atoms with van der Waals surface area (Å²) in [5.74, 6) is -0.429. The van der Waals surface area contributed by atoms with Crippen LogP contribution in [0.2, 0.25) is 0 Å². The second-order valence-electron chi connectivity index (χ2n) is 9.31. The number of morpholine rings is 1.